The van der Waals surface area contributed by atoms with Crippen LogP contribution in [0.1, 0.15) is 24.9 Å². The summed E-state index contributed by atoms with van der Waals surface area (Å²) < 4.78 is 18.2. The molecule has 0 spiro atoms. The van der Waals surface area contributed by atoms with Gasteiger partial charge in [-0.1, -0.05) is 18.5 Å². The van der Waals surface area contributed by atoms with E-state index in [1.165, 1.54) is 25.3 Å². The van der Waals surface area contributed by atoms with Crippen molar-refractivity contribution < 1.29 is 13.9 Å². The van der Waals surface area contributed by atoms with Gasteiger partial charge in [0.2, 0.25) is 0 Å². The Morgan fingerprint density at radius 3 is 2.76 bits per heavy atom. The summed E-state index contributed by atoms with van der Waals surface area (Å²) >= 11 is 5.78. The number of nitrogens with two attached hydrogens (primary N) is 1. The third-order valence-electron chi connectivity index (χ3n) is 2.69. The maximum atomic E-state index is 13.6. The van der Waals surface area contributed by atoms with E-state index in [1.807, 2.05) is 0 Å². The first-order valence-electron chi connectivity index (χ1n) is 5.29. The van der Waals surface area contributed by atoms with E-state index in [0.717, 1.165) is 0 Å². The van der Waals surface area contributed by atoms with Crippen LogP contribution in [-0.4, -0.2) is 13.1 Å². The van der Waals surface area contributed by atoms with Gasteiger partial charge in [-0.3, -0.25) is 4.79 Å². The molecule has 0 aromatic heterocycles. The van der Waals surface area contributed by atoms with E-state index in [0.29, 0.717) is 11.4 Å². The van der Waals surface area contributed by atoms with Gasteiger partial charge >= 0.3 is 5.97 Å². The summed E-state index contributed by atoms with van der Waals surface area (Å²) in [5, 5.41) is 0.386. The molecule has 1 aromatic rings. The number of esters is 1. The van der Waals surface area contributed by atoms with Crippen molar-refractivity contribution in [3.63, 3.8) is 0 Å². The van der Waals surface area contributed by atoms with Crippen molar-refractivity contribution in [1.82, 2.24) is 0 Å². The molecule has 0 aliphatic carbocycles. The molecule has 3 nitrogen and oxygen atoms in total. The molecular formula is C12H15ClFNO2. The van der Waals surface area contributed by atoms with Crippen molar-refractivity contribution in [2.24, 2.45) is 11.7 Å². The van der Waals surface area contributed by atoms with Gasteiger partial charge in [-0.25, -0.2) is 4.39 Å². The first-order valence-corrected chi connectivity index (χ1v) is 5.67. The van der Waals surface area contributed by atoms with Crippen LogP contribution in [0.4, 0.5) is 4.39 Å². The normalized spacial score (nSPS) is 14.2. The minimum absolute atomic E-state index is 0.231. The van der Waals surface area contributed by atoms with Crippen LogP contribution in [0.25, 0.3) is 0 Å². The first kappa shape index (κ1) is 13.9. The van der Waals surface area contributed by atoms with Gasteiger partial charge in [0, 0.05) is 16.6 Å². The van der Waals surface area contributed by atoms with Crippen LogP contribution in [0.2, 0.25) is 5.02 Å². The fourth-order valence-corrected chi connectivity index (χ4v) is 1.89. The predicted octanol–water partition coefficient (Wildman–Crippen LogP) is 2.68. The van der Waals surface area contributed by atoms with E-state index in [2.05, 4.69) is 4.74 Å². The smallest absolute Gasteiger partial charge is 0.310 e. The lowest BCUT2D eigenvalue weighted by Crippen LogP contribution is -2.29. The Bertz CT molecular complexity index is 411. The lowest BCUT2D eigenvalue weighted by Gasteiger charge is -2.21. The molecular weight excluding hydrogens is 245 g/mol. The van der Waals surface area contributed by atoms with Crippen molar-refractivity contribution in [2.75, 3.05) is 7.11 Å². The molecule has 0 amide bonds. The van der Waals surface area contributed by atoms with Crippen LogP contribution in [0.5, 0.6) is 0 Å². The number of ether oxygens (including phenoxy) is 1. The second-order valence-corrected chi connectivity index (χ2v) is 4.17. The molecule has 0 bridgehead atoms. The van der Waals surface area contributed by atoms with Gasteiger partial charge in [-0.15, -0.1) is 0 Å². The van der Waals surface area contributed by atoms with Crippen LogP contribution in [0, 0.1) is 11.7 Å². The van der Waals surface area contributed by atoms with Gasteiger partial charge in [-0.2, -0.15) is 0 Å². The Hall–Kier alpha value is -1.13. The topological polar surface area (TPSA) is 52.3 Å². The van der Waals surface area contributed by atoms with Gasteiger partial charge in [0.25, 0.3) is 0 Å². The SMILES string of the molecule is CCC(C(=O)OC)C(N)c1cc(Cl)ccc1F. The third-order valence-corrected chi connectivity index (χ3v) is 2.93. The average Bonchev–Trinajstić information content (AvgIpc) is 2.32. The Labute approximate surface area is 105 Å². The van der Waals surface area contributed by atoms with E-state index < -0.39 is 23.7 Å². The summed E-state index contributed by atoms with van der Waals surface area (Å²) in [5.41, 5.74) is 6.13. The number of hydrogen-bond acceptors (Lipinski definition) is 3. The van der Waals surface area contributed by atoms with Crippen LogP contribution < -0.4 is 5.73 Å². The molecule has 2 atom stereocenters. The second-order valence-electron chi connectivity index (χ2n) is 3.73. The van der Waals surface area contributed by atoms with Crippen molar-refractivity contribution in [3.8, 4) is 0 Å². The zero-order valence-corrected chi connectivity index (χ0v) is 10.5. The predicted molar refractivity (Wildman–Crippen MR) is 64.1 cm³/mol. The molecule has 94 valence electrons. The minimum atomic E-state index is -0.758. The van der Waals surface area contributed by atoms with Gasteiger partial charge in [0.05, 0.1) is 13.0 Å². The van der Waals surface area contributed by atoms with Crippen molar-refractivity contribution in [3.05, 3.63) is 34.6 Å². The Kier molecular flexibility index (Phi) is 4.90. The van der Waals surface area contributed by atoms with E-state index in [9.17, 15) is 9.18 Å². The number of benzene rings is 1. The summed E-state index contributed by atoms with van der Waals surface area (Å²) in [6.45, 7) is 1.80. The Morgan fingerprint density at radius 2 is 2.24 bits per heavy atom. The highest BCUT2D eigenvalue weighted by molar-refractivity contribution is 6.30. The second kappa shape index (κ2) is 5.98. The van der Waals surface area contributed by atoms with Crippen LogP contribution >= 0.6 is 11.6 Å². The maximum Gasteiger partial charge on any atom is 0.310 e. The van der Waals surface area contributed by atoms with Gasteiger partial charge in [0.15, 0.2) is 0 Å². The molecule has 0 aliphatic rings. The highest BCUT2D eigenvalue weighted by atomic mass is 35.5. The van der Waals surface area contributed by atoms with Gasteiger partial charge < -0.3 is 10.5 Å². The number of halogens is 2. The quantitative estimate of drug-likeness (QED) is 0.846. The zero-order chi connectivity index (χ0) is 13.0. The molecule has 0 radical (unpaired) electrons. The lowest BCUT2D eigenvalue weighted by molar-refractivity contribution is -0.146. The number of rotatable bonds is 4. The molecule has 0 aliphatic heterocycles. The van der Waals surface area contributed by atoms with E-state index in [-0.39, 0.29) is 5.56 Å². The molecule has 1 rings (SSSR count). The summed E-state index contributed by atoms with van der Waals surface area (Å²) in [6, 6.07) is 3.35. The molecule has 1 aromatic carbocycles. The van der Waals surface area contributed by atoms with Crippen molar-refractivity contribution in [1.29, 1.82) is 0 Å². The van der Waals surface area contributed by atoms with Crippen molar-refractivity contribution >= 4 is 17.6 Å². The standard InChI is InChI=1S/C12H15ClFNO2/c1-3-8(12(16)17-2)11(15)9-6-7(13)4-5-10(9)14/h4-6,8,11H,3,15H2,1-2H3. The number of methoxy groups -OCH3 is 1. The third kappa shape index (κ3) is 3.17. The number of carbonyl (C=O) groups is 1. The summed E-state index contributed by atoms with van der Waals surface area (Å²) in [4.78, 5) is 11.5. The largest absolute Gasteiger partial charge is 0.469 e. The van der Waals surface area contributed by atoms with E-state index >= 15 is 0 Å². The molecule has 5 heteroatoms. The van der Waals surface area contributed by atoms with Crippen molar-refractivity contribution in [2.45, 2.75) is 19.4 Å². The molecule has 0 saturated carbocycles. The summed E-state index contributed by atoms with van der Waals surface area (Å²) in [6.07, 6.45) is 0.472. The summed E-state index contributed by atoms with van der Waals surface area (Å²) in [7, 11) is 1.28. The highest BCUT2D eigenvalue weighted by Gasteiger charge is 2.27. The fraction of sp³-hybridized carbons (Fsp3) is 0.417. The van der Waals surface area contributed by atoms with Crippen LogP contribution in [0.3, 0.4) is 0 Å². The first-order chi connectivity index (χ1) is 8.01. The van der Waals surface area contributed by atoms with Gasteiger partial charge in [-0.05, 0) is 24.6 Å². The maximum absolute atomic E-state index is 13.6. The lowest BCUT2D eigenvalue weighted by atomic mass is 9.91. The molecule has 2 N–H and O–H groups in total. The molecule has 0 heterocycles. The van der Waals surface area contributed by atoms with E-state index in [1.54, 1.807) is 6.92 Å². The fourth-order valence-electron chi connectivity index (χ4n) is 1.71. The molecule has 0 fully saturated rings. The Balaban J connectivity index is 3.05. The summed E-state index contributed by atoms with van der Waals surface area (Å²) in [5.74, 6) is -1.49. The highest BCUT2D eigenvalue weighted by Crippen LogP contribution is 2.27. The Morgan fingerprint density at radius 1 is 1.59 bits per heavy atom. The monoisotopic (exact) mass is 259 g/mol. The van der Waals surface area contributed by atoms with Crippen LogP contribution in [-0.2, 0) is 9.53 Å². The average molecular weight is 260 g/mol. The molecule has 0 saturated heterocycles. The number of carbonyl (C=O) groups excluding carboxylic acids is 1. The molecule has 2 unspecified atom stereocenters. The zero-order valence-electron chi connectivity index (χ0n) is 9.74. The number of hydrogen-bond donors (Lipinski definition) is 1. The molecule has 17 heavy (non-hydrogen) atoms. The van der Waals surface area contributed by atoms with Crippen LogP contribution in [0.15, 0.2) is 18.2 Å². The van der Waals surface area contributed by atoms with Gasteiger partial charge in [0.1, 0.15) is 5.82 Å². The van der Waals surface area contributed by atoms with E-state index in [4.69, 9.17) is 17.3 Å². The minimum Gasteiger partial charge on any atom is -0.469 e.